The van der Waals surface area contributed by atoms with Crippen molar-refractivity contribution in [3.8, 4) is 0 Å². The smallest absolute Gasteiger partial charge is 0.161 e. The second kappa shape index (κ2) is 3.47. The standard InChI is InChI=1S/C11H17ClSi/c1-8-6-9(2)11(10(3)7-8)13(4,5)12/h6-7H,1-5H3. The Balaban J connectivity index is 3.38. The van der Waals surface area contributed by atoms with Crippen LogP contribution in [0.1, 0.15) is 16.7 Å². The normalized spacial score (nSPS) is 11.8. The largest absolute Gasteiger partial charge is 0.181 e. The van der Waals surface area contributed by atoms with E-state index < -0.39 is 7.38 Å². The van der Waals surface area contributed by atoms with Crippen LogP contribution in [-0.4, -0.2) is 7.38 Å². The van der Waals surface area contributed by atoms with Gasteiger partial charge in [0.2, 0.25) is 0 Å². The topological polar surface area (TPSA) is 0 Å². The van der Waals surface area contributed by atoms with Crippen LogP contribution in [0.2, 0.25) is 13.1 Å². The van der Waals surface area contributed by atoms with Crippen molar-refractivity contribution in [3.05, 3.63) is 28.8 Å². The van der Waals surface area contributed by atoms with Gasteiger partial charge in [-0.1, -0.05) is 41.9 Å². The maximum absolute atomic E-state index is 6.46. The van der Waals surface area contributed by atoms with Crippen molar-refractivity contribution >= 4 is 23.6 Å². The fraction of sp³-hybridized carbons (Fsp3) is 0.455. The van der Waals surface area contributed by atoms with E-state index in [-0.39, 0.29) is 0 Å². The van der Waals surface area contributed by atoms with Crippen LogP contribution in [0.25, 0.3) is 0 Å². The van der Waals surface area contributed by atoms with Crippen molar-refractivity contribution in [2.24, 2.45) is 0 Å². The maximum Gasteiger partial charge on any atom is 0.181 e. The number of aryl methyl sites for hydroxylation is 3. The minimum atomic E-state index is -1.67. The van der Waals surface area contributed by atoms with Crippen LogP contribution in [0.5, 0.6) is 0 Å². The molecule has 0 saturated carbocycles. The summed E-state index contributed by atoms with van der Waals surface area (Å²) in [6.45, 7) is 10.8. The predicted octanol–water partition coefficient (Wildman–Crippen LogP) is 3.26. The molecule has 0 aliphatic heterocycles. The summed E-state index contributed by atoms with van der Waals surface area (Å²) >= 11 is 6.46. The second-order valence-corrected chi connectivity index (χ2v) is 10.5. The summed E-state index contributed by atoms with van der Waals surface area (Å²) in [6, 6.07) is 4.44. The Morgan fingerprint density at radius 1 is 1.00 bits per heavy atom. The molecule has 0 spiro atoms. The van der Waals surface area contributed by atoms with E-state index in [1.165, 1.54) is 21.9 Å². The molecule has 13 heavy (non-hydrogen) atoms. The van der Waals surface area contributed by atoms with Gasteiger partial charge in [-0.3, -0.25) is 0 Å². The lowest BCUT2D eigenvalue weighted by atomic mass is 10.1. The molecule has 0 saturated heterocycles. The SMILES string of the molecule is Cc1cc(C)c([Si](C)(C)Cl)c(C)c1. The first-order valence-corrected chi connectivity index (χ1v) is 8.61. The molecule has 0 fully saturated rings. The highest BCUT2D eigenvalue weighted by atomic mass is 35.6. The Morgan fingerprint density at radius 3 is 1.69 bits per heavy atom. The van der Waals surface area contributed by atoms with E-state index in [1.54, 1.807) is 0 Å². The molecule has 1 rings (SSSR count). The van der Waals surface area contributed by atoms with Crippen LogP contribution in [0.15, 0.2) is 12.1 Å². The molecule has 0 aromatic heterocycles. The minimum absolute atomic E-state index is 1.33. The molecule has 2 heteroatoms. The molecule has 0 atom stereocenters. The molecular formula is C11H17ClSi. The lowest BCUT2D eigenvalue weighted by Crippen LogP contribution is -2.39. The molecule has 0 aliphatic rings. The van der Waals surface area contributed by atoms with Gasteiger partial charge in [-0.25, -0.2) is 0 Å². The highest BCUT2D eigenvalue weighted by molar-refractivity contribution is 7.26. The summed E-state index contributed by atoms with van der Waals surface area (Å²) in [7, 11) is -1.67. The molecule has 72 valence electrons. The first-order valence-electron chi connectivity index (χ1n) is 4.59. The molecule has 1 aromatic rings. The van der Waals surface area contributed by atoms with Gasteiger partial charge in [-0.15, -0.1) is 0 Å². The molecule has 0 aliphatic carbocycles. The maximum atomic E-state index is 6.46. The first-order chi connectivity index (χ1) is 5.82. The van der Waals surface area contributed by atoms with Gasteiger partial charge in [-0.05, 0) is 26.0 Å². The van der Waals surface area contributed by atoms with Crippen molar-refractivity contribution in [1.82, 2.24) is 0 Å². The highest BCUT2D eigenvalue weighted by Crippen LogP contribution is 2.15. The number of hydrogen-bond acceptors (Lipinski definition) is 0. The molecule has 0 N–H and O–H groups in total. The molecule has 0 radical (unpaired) electrons. The van der Waals surface area contributed by atoms with Crippen molar-refractivity contribution in [3.63, 3.8) is 0 Å². The summed E-state index contributed by atoms with van der Waals surface area (Å²) < 4.78 is 0. The fourth-order valence-electron chi connectivity index (χ4n) is 2.12. The molecule has 0 nitrogen and oxygen atoms in total. The Morgan fingerprint density at radius 2 is 1.38 bits per heavy atom. The van der Waals surface area contributed by atoms with Gasteiger partial charge in [0, 0.05) is 0 Å². The van der Waals surface area contributed by atoms with Gasteiger partial charge >= 0.3 is 0 Å². The van der Waals surface area contributed by atoms with Crippen LogP contribution in [0.3, 0.4) is 0 Å². The zero-order valence-corrected chi connectivity index (χ0v) is 10.8. The number of rotatable bonds is 1. The van der Waals surface area contributed by atoms with Gasteiger partial charge < -0.3 is 0 Å². The zero-order chi connectivity index (χ0) is 10.2. The molecule has 0 bridgehead atoms. The van der Waals surface area contributed by atoms with Crippen molar-refractivity contribution < 1.29 is 0 Å². The van der Waals surface area contributed by atoms with E-state index in [2.05, 4.69) is 46.0 Å². The van der Waals surface area contributed by atoms with E-state index in [0.29, 0.717) is 0 Å². The average Bonchev–Trinajstić information content (AvgIpc) is 1.78. The van der Waals surface area contributed by atoms with Crippen LogP contribution in [-0.2, 0) is 0 Å². The third-order valence-electron chi connectivity index (χ3n) is 2.27. The van der Waals surface area contributed by atoms with Gasteiger partial charge in [0.25, 0.3) is 0 Å². The summed E-state index contributed by atoms with van der Waals surface area (Å²) in [5, 5.41) is 1.40. The number of halogens is 1. The summed E-state index contributed by atoms with van der Waals surface area (Å²) in [4.78, 5) is 0. The predicted molar refractivity (Wildman–Crippen MR) is 63.6 cm³/mol. The van der Waals surface area contributed by atoms with Crippen LogP contribution >= 0.6 is 11.1 Å². The van der Waals surface area contributed by atoms with E-state index in [4.69, 9.17) is 11.1 Å². The van der Waals surface area contributed by atoms with Crippen LogP contribution in [0, 0.1) is 20.8 Å². The van der Waals surface area contributed by atoms with E-state index in [1.807, 2.05) is 0 Å². The van der Waals surface area contributed by atoms with Gasteiger partial charge in [0.05, 0.1) is 0 Å². The monoisotopic (exact) mass is 212 g/mol. The van der Waals surface area contributed by atoms with E-state index in [9.17, 15) is 0 Å². The van der Waals surface area contributed by atoms with Gasteiger partial charge in [0.15, 0.2) is 7.38 Å². The Labute approximate surface area is 86.6 Å². The Kier molecular flexibility index (Phi) is 2.88. The third kappa shape index (κ3) is 2.35. The van der Waals surface area contributed by atoms with Crippen LogP contribution < -0.4 is 5.19 Å². The van der Waals surface area contributed by atoms with E-state index in [0.717, 1.165) is 0 Å². The Hall–Kier alpha value is -0.273. The van der Waals surface area contributed by atoms with Gasteiger partial charge in [-0.2, -0.15) is 11.1 Å². The fourth-order valence-corrected chi connectivity index (χ4v) is 5.03. The lowest BCUT2D eigenvalue weighted by molar-refractivity contribution is 1.35. The molecule has 1 aromatic carbocycles. The second-order valence-electron chi connectivity index (χ2n) is 4.25. The van der Waals surface area contributed by atoms with Crippen molar-refractivity contribution in [2.45, 2.75) is 33.9 Å². The molecule has 0 amide bonds. The quantitative estimate of drug-likeness (QED) is 0.495. The van der Waals surface area contributed by atoms with Crippen molar-refractivity contribution in [2.75, 3.05) is 0 Å². The Bertz CT molecular complexity index is 300. The zero-order valence-electron chi connectivity index (χ0n) is 9.03. The van der Waals surface area contributed by atoms with Crippen LogP contribution in [0.4, 0.5) is 0 Å². The summed E-state index contributed by atoms with van der Waals surface area (Å²) in [5.41, 5.74) is 4.03. The highest BCUT2D eigenvalue weighted by Gasteiger charge is 2.24. The molecular weight excluding hydrogens is 196 g/mol. The first kappa shape index (κ1) is 10.8. The van der Waals surface area contributed by atoms with Gasteiger partial charge in [0.1, 0.15) is 0 Å². The van der Waals surface area contributed by atoms with E-state index >= 15 is 0 Å². The molecule has 0 heterocycles. The average molecular weight is 213 g/mol. The summed E-state index contributed by atoms with van der Waals surface area (Å²) in [5.74, 6) is 0. The lowest BCUT2D eigenvalue weighted by Gasteiger charge is -2.20. The van der Waals surface area contributed by atoms with Crippen molar-refractivity contribution in [1.29, 1.82) is 0 Å². The third-order valence-corrected chi connectivity index (χ3v) is 4.82. The summed E-state index contributed by atoms with van der Waals surface area (Å²) in [6.07, 6.45) is 0. The number of benzene rings is 1. The minimum Gasteiger partial charge on any atom is -0.161 e. The number of hydrogen-bond donors (Lipinski definition) is 0. The molecule has 0 unspecified atom stereocenters.